The van der Waals surface area contributed by atoms with Crippen LogP contribution in [0.4, 0.5) is 4.79 Å². The summed E-state index contributed by atoms with van der Waals surface area (Å²) in [5.74, 6) is 0.0383. The number of hydrogen-bond donors (Lipinski definition) is 2. The molecule has 1 fully saturated rings. The smallest absolute Gasteiger partial charge is 0.405 e. The van der Waals surface area contributed by atoms with Gasteiger partial charge >= 0.3 is 6.09 Å². The summed E-state index contributed by atoms with van der Waals surface area (Å²) in [6.07, 6.45) is 2.34. The van der Waals surface area contributed by atoms with Crippen LogP contribution in [0.2, 0.25) is 0 Å². The second-order valence-corrected chi connectivity index (χ2v) is 10.0. The van der Waals surface area contributed by atoms with Crippen molar-refractivity contribution in [1.29, 1.82) is 0 Å². The summed E-state index contributed by atoms with van der Waals surface area (Å²) in [5.41, 5.74) is 5.72. The van der Waals surface area contributed by atoms with E-state index in [-0.39, 0.29) is 5.91 Å². The van der Waals surface area contributed by atoms with Crippen molar-refractivity contribution >= 4 is 12.0 Å². The van der Waals surface area contributed by atoms with Crippen molar-refractivity contribution in [2.75, 3.05) is 33.7 Å². The molecule has 2 amide bonds. The number of hydrogen-bond acceptors (Lipinski definition) is 4. The van der Waals surface area contributed by atoms with E-state index in [0.29, 0.717) is 18.7 Å². The zero-order chi connectivity index (χ0) is 25.3. The van der Waals surface area contributed by atoms with Crippen molar-refractivity contribution in [2.45, 2.75) is 31.2 Å². The first-order valence-electron chi connectivity index (χ1n) is 12.5. The van der Waals surface area contributed by atoms with E-state index in [0.717, 1.165) is 65.9 Å². The highest BCUT2D eigenvalue weighted by Gasteiger charge is 2.40. The lowest BCUT2D eigenvalue weighted by Gasteiger charge is -2.42. The van der Waals surface area contributed by atoms with Crippen molar-refractivity contribution in [3.8, 4) is 22.4 Å². The average molecular weight is 485 g/mol. The topological polar surface area (TPSA) is 85.8 Å². The number of nitrogens with one attached hydrogen (secondary N) is 1. The van der Waals surface area contributed by atoms with E-state index in [1.807, 2.05) is 79.7 Å². The van der Waals surface area contributed by atoms with E-state index in [2.05, 4.69) is 10.2 Å². The summed E-state index contributed by atoms with van der Waals surface area (Å²) in [6, 6.07) is 20.1. The number of aromatic nitrogens is 1. The molecule has 2 aromatic carbocycles. The predicted octanol–water partition coefficient (Wildman–Crippen LogP) is 4.62. The molecule has 186 valence electrons. The van der Waals surface area contributed by atoms with Crippen LogP contribution >= 0.6 is 0 Å². The number of carbonyl (C=O) groups excluding carboxylic acids is 1. The number of fused-ring (bicyclic) bond motifs is 1. The highest BCUT2D eigenvalue weighted by Crippen LogP contribution is 2.42. The molecule has 1 aliphatic carbocycles. The third kappa shape index (κ3) is 4.58. The third-order valence-electron chi connectivity index (χ3n) is 7.40. The molecule has 0 saturated heterocycles. The highest BCUT2D eigenvalue weighted by molar-refractivity contribution is 5.99. The average Bonchev–Trinajstić information content (AvgIpc) is 2.86. The Bertz CT molecular complexity index is 1270. The summed E-state index contributed by atoms with van der Waals surface area (Å²) in [5, 5.41) is 12.1. The molecule has 1 saturated carbocycles. The maximum atomic E-state index is 13.4. The minimum atomic E-state index is -0.995. The van der Waals surface area contributed by atoms with Gasteiger partial charge in [-0.3, -0.25) is 9.78 Å². The normalized spacial score (nSPS) is 16.4. The molecule has 0 radical (unpaired) electrons. The molecule has 2 N–H and O–H groups in total. The molecule has 5 rings (SSSR count). The van der Waals surface area contributed by atoms with Gasteiger partial charge in [0.05, 0.1) is 22.5 Å². The molecule has 2 aliphatic rings. The van der Waals surface area contributed by atoms with Gasteiger partial charge in [-0.1, -0.05) is 54.6 Å². The first kappa shape index (κ1) is 24.0. The first-order valence-corrected chi connectivity index (χ1v) is 12.5. The van der Waals surface area contributed by atoms with Crippen LogP contribution in [0.3, 0.4) is 0 Å². The van der Waals surface area contributed by atoms with E-state index >= 15 is 0 Å². The minimum Gasteiger partial charge on any atom is -0.465 e. The number of amides is 2. The van der Waals surface area contributed by atoms with Gasteiger partial charge in [-0.15, -0.1) is 0 Å². The maximum Gasteiger partial charge on any atom is 0.405 e. The molecule has 7 heteroatoms. The largest absolute Gasteiger partial charge is 0.465 e. The summed E-state index contributed by atoms with van der Waals surface area (Å²) in [4.78, 5) is 33.8. The molecule has 0 atom stereocenters. The Morgan fingerprint density at radius 2 is 1.78 bits per heavy atom. The van der Waals surface area contributed by atoms with Gasteiger partial charge in [-0.2, -0.15) is 0 Å². The van der Waals surface area contributed by atoms with E-state index in [4.69, 9.17) is 4.98 Å². The number of benzene rings is 2. The molecule has 3 aromatic rings. The van der Waals surface area contributed by atoms with E-state index < -0.39 is 11.6 Å². The van der Waals surface area contributed by atoms with Crippen molar-refractivity contribution in [3.05, 3.63) is 77.5 Å². The van der Waals surface area contributed by atoms with Gasteiger partial charge in [0.25, 0.3) is 5.91 Å². The Hall–Kier alpha value is -3.71. The molecule has 1 aromatic heterocycles. The van der Waals surface area contributed by atoms with Gasteiger partial charge < -0.3 is 20.2 Å². The number of carbonyl (C=O) groups is 2. The molecule has 0 spiro atoms. The summed E-state index contributed by atoms with van der Waals surface area (Å²) in [7, 11) is 4.03. The molecule has 2 heterocycles. The van der Waals surface area contributed by atoms with Gasteiger partial charge in [-0.05, 0) is 50.6 Å². The number of pyridine rings is 1. The summed E-state index contributed by atoms with van der Waals surface area (Å²) < 4.78 is 0. The van der Waals surface area contributed by atoms with Gasteiger partial charge in [-0.25, -0.2) is 4.79 Å². The number of nitrogens with zero attached hydrogens (tertiary/aromatic N) is 3. The van der Waals surface area contributed by atoms with Gasteiger partial charge in [0.1, 0.15) is 0 Å². The lowest BCUT2D eigenvalue weighted by Crippen LogP contribution is -2.50. The second kappa shape index (κ2) is 9.74. The zero-order valence-electron chi connectivity index (χ0n) is 20.8. The van der Waals surface area contributed by atoms with Crippen LogP contribution in [0.15, 0.2) is 60.7 Å². The highest BCUT2D eigenvalue weighted by atomic mass is 16.4. The van der Waals surface area contributed by atoms with Gasteiger partial charge in [0.2, 0.25) is 0 Å². The number of rotatable bonds is 7. The van der Waals surface area contributed by atoms with Crippen LogP contribution in [-0.2, 0) is 12.0 Å². The third-order valence-corrected chi connectivity index (χ3v) is 7.40. The van der Waals surface area contributed by atoms with E-state index in [1.54, 1.807) is 0 Å². The minimum absolute atomic E-state index is 0.0383. The second-order valence-electron chi connectivity index (χ2n) is 10.0. The first-order chi connectivity index (χ1) is 17.4. The van der Waals surface area contributed by atoms with Crippen molar-refractivity contribution in [3.63, 3.8) is 0 Å². The Morgan fingerprint density at radius 3 is 2.39 bits per heavy atom. The van der Waals surface area contributed by atoms with Crippen LogP contribution in [0.1, 0.15) is 40.9 Å². The summed E-state index contributed by atoms with van der Waals surface area (Å²) >= 11 is 0. The Morgan fingerprint density at radius 1 is 1.06 bits per heavy atom. The van der Waals surface area contributed by atoms with Crippen LogP contribution in [0, 0.1) is 0 Å². The zero-order valence-corrected chi connectivity index (χ0v) is 20.8. The number of likely N-dealkylation sites (N-methyl/N-ethyl adjacent to an activating group) is 1. The Balaban J connectivity index is 1.53. The fourth-order valence-electron chi connectivity index (χ4n) is 5.20. The van der Waals surface area contributed by atoms with Crippen LogP contribution in [-0.4, -0.2) is 65.6 Å². The van der Waals surface area contributed by atoms with Gasteiger partial charge in [0, 0.05) is 37.2 Å². The SMILES string of the molecule is CN(C)CCN1CCc2nc(-c3ccc(C4(NC(=O)O)CCC4)cc3)c(-c3ccccc3)cc2C1=O. The predicted molar refractivity (Wildman–Crippen MR) is 140 cm³/mol. The van der Waals surface area contributed by atoms with Crippen molar-refractivity contribution in [1.82, 2.24) is 20.1 Å². The molecule has 1 aliphatic heterocycles. The molecular formula is C29H32N4O3. The maximum absolute atomic E-state index is 13.4. The Labute approximate surface area is 211 Å². The standard InChI is InChI=1S/C29H32N4O3/c1-32(2)17-18-33-16-13-25-24(27(33)34)19-23(20-7-4-3-5-8-20)26(30-25)21-9-11-22(12-10-21)29(14-6-15-29)31-28(35)36/h3-5,7-12,19,31H,6,13-18H2,1-2H3,(H,35,36). The molecule has 0 bridgehead atoms. The molecule has 36 heavy (non-hydrogen) atoms. The molecule has 7 nitrogen and oxygen atoms in total. The fourth-order valence-corrected chi connectivity index (χ4v) is 5.20. The van der Waals surface area contributed by atoms with Gasteiger partial charge in [0.15, 0.2) is 0 Å². The van der Waals surface area contributed by atoms with Crippen molar-refractivity contribution < 1.29 is 14.7 Å². The number of carboxylic acid groups (broad SMARTS) is 1. The van der Waals surface area contributed by atoms with Crippen molar-refractivity contribution in [2.24, 2.45) is 0 Å². The quantitative estimate of drug-likeness (QED) is 0.511. The van der Waals surface area contributed by atoms with Crippen LogP contribution < -0.4 is 5.32 Å². The van der Waals surface area contributed by atoms with Crippen LogP contribution in [0.5, 0.6) is 0 Å². The molecular weight excluding hydrogens is 452 g/mol. The lowest BCUT2D eigenvalue weighted by molar-refractivity contribution is 0.0727. The Kier molecular flexibility index (Phi) is 6.49. The van der Waals surface area contributed by atoms with Crippen LogP contribution in [0.25, 0.3) is 22.4 Å². The monoisotopic (exact) mass is 484 g/mol. The molecule has 0 unspecified atom stereocenters. The fraction of sp³-hybridized carbons (Fsp3) is 0.345. The van der Waals surface area contributed by atoms with E-state index in [9.17, 15) is 14.7 Å². The summed E-state index contributed by atoms with van der Waals surface area (Å²) in [6.45, 7) is 2.18. The van der Waals surface area contributed by atoms with E-state index in [1.165, 1.54) is 0 Å². The lowest BCUT2D eigenvalue weighted by atomic mass is 9.71.